The standard InChI is InChI=1S/C31H34BClN2O7/c1-3-6-18(13-20-10-11-23(36)16-26(20)33)9-12-27-28-19(4-2)14-24-29(25(28)17-32(39)42-27)31(38)34(30(24)37)21-7-5-8-22(15-21)35(40)41/h5,7-8,10-11,13,15-16,24-25,27,29,36,39H,3-4,6,9,12,14,17H2,1-2H3/b18-13+/t24-,25+,27-,29-/m1/s1. The van der Waals surface area contributed by atoms with E-state index in [9.17, 15) is 29.8 Å². The number of benzene rings is 2. The molecule has 1 aliphatic carbocycles. The Balaban J connectivity index is 1.43. The van der Waals surface area contributed by atoms with E-state index >= 15 is 0 Å². The van der Waals surface area contributed by atoms with Crippen LogP contribution in [-0.2, 0) is 14.2 Å². The van der Waals surface area contributed by atoms with Crippen molar-refractivity contribution in [2.24, 2.45) is 17.8 Å². The van der Waals surface area contributed by atoms with Crippen molar-refractivity contribution in [2.45, 2.75) is 64.8 Å². The van der Waals surface area contributed by atoms with Gasteiger partial charge < -0.3 is 14.8 Å². The molecule has 2 aliphatic heterocycles. The van der Waals surface area contributed by atoms with Gasteiger partial charge >= 0.3 is 7.12 Å². The zero-order chi connectivity index (χ0) is 30.1. The van der Waals surface area contributed by atoms with Crippen LogP contribution in [0.15, 0.2) is 59.2 Å². The molecule has 2 amide bonds. The molecule has 2 aromatic rings. The Bertz CT molecular complexity index is 1470. The molecule has 2 saturated heterocycles. The van der Waals surface area contributed by atoms with E-state index in [0.29, 0.717) is 30.7 Å². The summed E-state index contributed by atoms with van der Waals surface area (Å²) in [7, 11) is -1.08. The molecule has 42 heavy (non-hydrogen) atoms. The Morgan fingerprint density at radius 1 is 1.17 bits per heavy atom. The van der Waals surface area contributed by atoms with Crippen LogP contribution in [0.3, 0.4) is 0 Å². The molecule has 9 nitrogen and oxygen atoms in total. The number of halogens is 1. The molecule has 5 rings (SSSR count). The maximum Gasteiger partial charge on any atom is 0.455 e. The summed E-state index contributed by atoms with van der Waals surface area (Å²) in [4.78, 5) is 39.4. The van der Waals surface area contributed by atoms with Crippen molar-refractivity contribution >= 4 is 48.0 Å². The van der Waals surface area contributed by atoms with Gasteiger partial charge in [0.25, 0.3) is 5.69 Å². The molecule has 4 atom stereocenters. The predicted molar refractivity (Wildman–Crippen MR) is 161 cm³/mol. The quantitative estimate of drug-likeness (QED) is 0.114. The zero-order valence-corrected chi connectivity index (χ0v) is 24.4. The minimum absolute atomic E-state index is 0.100. The monoisotopic (exact) mass is 592 g/mol. The van der Waals surface area contributed by atoms with E-state index in [-0.39, 0.29) is 41.2 Å². The Morgan fingerprint density at radius 2 is 1.95 bits per heavy atom. The lowest BCUT2D eigenvalue weighted by molar-refractivity contribution is -0.384. The summed E-state index contributed by atoms with van der Waals surface area (Å²) in [6.07, 6.45) is 5.95. The van der Waals surface area contributed by atoms with Gasteiger partial charge in [0.1, 0.15) is 5.75 Å². The molecule has 2 heterocycles. The summed E-state index contributed by atoms with van der Waals surface area (Å²) in [5, 5.41) is 32.3. The summed E-state index contributed by atoms with van der Waals surface area (Å²) in [5.74, 6) is -2.25. The number of hydrogen-bond donors (Lipinski definition) is 2. The first-order valence-electron chi connectivity index (χ1n) is 14.5. The Morgan fingerprint density at radius 3 is 2.64 bits per heavy atom. The number of nitrogens with zero attached hydrogens (tertiary/aromatic N) is 2. The molecule has 0 saturated carbocycles. The van der Waals surface area contributed by atoms with Crippen LogP contribution < -0.4 is 4.90 Å². The number of non-ortho nitro benzene ring substituents is 1. The highest BCUT2D eigenvalue weighted by molar-refractivity contribution is 6.43. The Hall–Kier alpha value is -3.47. The highest BCUT2D eigenvalue weighted by atomic mass is 35.5. The number of fused-ring (bicyclic) bond motifs is 3. The molecule has 0 spiro atoms. The van der Waals surface area contributed by atoms with E-state index in [1.807, 2.05) is 13.0 Å². The van der Waals surface area contributed by atoms with Crippen molar-refractivity contribution in [3.05, 3.63) is 79.9 Å². The summed E-state index contributed by atoms with van der Waals surface area (Å²) < 4.78 is 6.10. The molecule has 2 N–H and O–H groups in total. The third kappa shape index (κ3) is 5.75. The van der Waals surface area contributed by atoms with Crippen molar-refractivity contribution in [1.29, 1.82) is 0 Å². The van der Waals surface area contributed by atoms with E-state index in [0.717, 1.165) is 40.0 Å². The Kier molecular flexibility index (Phi) is 8.87. The van der Waals surface area contributed by atoms with Gasteiger partial charge in [0, 0.05) is 12.1 Å². The van der Waals surface area contributed by atoms with Gasteiger partial charge in [-0.15, -0.1) is 0 Å². The smallest absolute Gasteiger partial charge is 0.455 e. The normalized spacial score (nSPS) is 24.2. The number of carbonyl (C=O) groups excluding carboxylic acids is 2. The van der Waals surface area contributed by atoms with Crippen molar-refractivity contribution in [2.75, 3.05) is 4.90 Å². The summed E-state index contributed by atoms with van der Waals surface area (Å²) in [5.41, 5.74) is 4.04. The lowest BCUT2D eigenvalue weighted by Crippen LogP contribution is -2.46. The molecule has 11 heteroatoms. The topological polar surface area (TPSA) is 130 Å². The lowest BCUT2D eigenvalue weighted by Gasteiger charge is -2.43. The minimum Gasteiger partial charge on any atom is -0.508 e. The number of carbonyl (C=O) groups is 2. The van der Waals surface area contributed by atoms with Crippen molar-refractivity contribution in [3.63, 3.8) is 0 Å². The number of aromatic hydroxyl groups is 1. The number of imide groups is 1. The maximum absolute atomic E-state index is 13.9. The molecule has 3 aliphatic rings. The molecule has 2 fully saturated rings. The van der Waals surface area contributed by atoms with Crippen molar-refractivity contribution in [3.8, 4) is 5.75 Å². The molecule has 0 aromatic heterocycles. The fraction of sp³-hybridized carbons (Fsp3) is 0.419. The number of nitro benzene ring substituents is 1. The van der Waals surface area contributed by atoms with Gasteiger partial charge in [-0.1, -0.05) is 55.2 Å². The van der Waals surface area contributed by atoms with Crippen LogP contribution in [0.2, 0.25) is 11.3 Å². The van der Waals surface area contributed by atoms with Gasteiger partial charge in [0.2, 0.25) is 11.8 Å². The highest BCUT2D eigenvalue weighted by Crippen LogP contribution is 2.52. The van der Waals surface area contributed by atoms with E-state index in [1.54, 1.807) is 18.2 Å². The van der Waals surface area contributed by atoms with Crippen LogP contribution in [0.4, 0.5) is 11.4 Å². The van der Waals surface area contributed by atoms with E-state index in [2.05, 4.69) is 6.92 Å². The third-order valence-corrected chi connectivity index (χ3v) is 9.00. The van der Waals surface area contributed by atoms with Gasteiger partial charge in [0.15, 0.2) is 0 Å². The number of nitro groups is 1. The molecule has 220 valence electrons. The fourth-order valence-electron chi connectivity index (χ4n) is 6.86. The lowest BCUT2D eigenvalue weighted by atomic mass is 9.58. The number of phenolic OH excluding ortho intramolecular Hbond substituents is 1. The first-order valence-corrected chi connectivity index (χ1v) is 14.9. The van der Waals surface area contributed by atoms with Gasteiger partial charge in [-0.3, -0.25) is 19.7 Å². The van der Waals surface area contributed by atoms with Gasteiger partial charge in [-0.25, -0.2) is 4.90 Å². The van der Waals surface area contributed by atoms with Crippen LogP contribution in [-0.4, -0.2) is 40.1 Å². The van der Waals surface area contributed by atoms with Gasteiger partial charge in [-0.05, 0) is 79.7 Å². The first-order chi connectivity index (χ1) is 20.1. The Labute approximate surface area is 250 Å². The van der Waals surface area contributed by atoms with Crippen molar-refractivity contribution < 1.29 is 29.3 Å². The number of rotatable bonds is 9. The summed E-state index contributed by atoms with van der Waals surface area (Å²) >= 11 is 6.36. The van der Waals surface area contributed by atoms with E-state index < -0.39 is 30.0 Å². The molecule has 0 unspecified atom stereocenters. The second-order valence-corrected chi connectivity index (χ2v) is 11.7. The predicted octanol–water partition coefficient (Wildman–Crippen LogP) is 6.33. The van der Waals surface area contributed by atoms with E-state index in [4.69, 9.17) is 16.3 Å². The SMILES string of the molecule is CCC/C(=C\c1ccc(O)cc1Cl)CC[C@H]1OB(O)C[C@H]2C1=C(CC)C[C@H]1C(=O)N(c3cccc([N+](=O)[O-])c3)C(=O)[C@H]12. The molecule has 0 radical (unpaired) electrons. The van der Waals surface area contributed by atoms with Crippen molar-refractivity contribution in [1.82, 2.24) is 0 Å². The summed E-state index contributed by atoms with van der Waals surface area (Å²) in [6.45, 7) is 4.12. The maximum atomic E-state index is 13.9. The number of anilines is 1. The second kappa shape index (κ2) is 12.4. The average Bonchev–Trinajstić information content (AvgIpc) is 3.21. The summed E-state index contributed by atoms with van der Waals surface area (Å²) in [6, 6.07) is 10.5. The average molecular weight is 593 g/mol. The molecule has 2 aromatic carbocycles. The van der Waals surface area contributed by atoms with E-state index in [1.165, 1.54) is 24.3 Å². The van der Waals surface area contributed by atoms with Crippen LogP contribution >= 0.6 is 11.6 Å². The molecular weight excluding hydrogens is 559 g/mol. The third-order valence-electron chi connectivity index (χ3n) is 8.68. The highest BCUT2D eigenvalue weighted by Gasteiger charge is 2.57. The van der Waals surface area contributed by atoms with Crippen LogP contribution in [0.25, 0.3) is 6.08 Å². The largest absolute Gasteiger partial charge is 0.508 e. The minimum atomic E-state index is -1.08. The second-order valence-electron chi connectivity index (χ2n) is 11.3. The van der Waals surface area contributed by atoms with Gasteiger partial charge in [0.05, 0.1) is 33.6 Å². The van der Waals surface area contributed by atoms with Crippen LogP contribution in [0.1, 0.15) is 57.9 Å². The number of phenols is 1. The molecular formula is C31H34BClN2O7. The number of allylic oxidation sites excluding steroid dienone is 2. The zero-order valence-electron chi connectivity index (χ0n) is 23.7. The van der Waals surface area contributed by atoms with Gasteiger partial charge in [-0.2, -0.15) is 0 Å². The number of amides is 2. The van der Waals surface area contributed by atoms with Crippen LogP contribution in [0.5, 0.6) is 5.75 Å². The molecule has 0 bridgehead atoms. The number of hydrogen-bond acceptors (Lipinski definition) is 7. The first kappa shape index (κ1) is 30.0. The van der Waals surface area contributed by atoms with Crippen LogP contribution in [0, 0.1) is 27.9 Å². The fourth-order valence-corrected chi connectivity index (χ4v) is 7.09.